The normalized spacial score (nSPS) is 12.5. The Balaban J connectivity index is 1.38. The van der Waals surface area contributed by atoms with Crippen LogP contribution in [0.1, 0.15) is 26.3 Å². The van der Waals surface area contributed by atoms with Gasteiger partial charge in [0.2, 0.25) is 0 Å². The number of fused-ring (bicyclic) bond motifs is 1. The zero-order valence-corrected chi connectivity index (χ0v) is 17.5. The van der Waals surface area contributed by atoms with Gasteiger partial charge >= 0.3 is 0 Å². The third-order valence-electron chi connectivity index (χ3n) is 4.67. The van der Waals surface area contributed by atoms with E-state index in [1.165, 1.54) is 0 Å². The number of ether oxygens (including phenoxy) is 1. The molecule has 0 heterocycles. The molecule has 3 aromatic rings. The summed E-state index contributed by atoms with van der Waals surface area (Å²) in [6.07, 6.45) is 1.56. The van der Waals surface area contributed by atoms with Crippen LogP contribution in [0, 0.1) is 0 Å². The summed E-state index contributed by atoms with van der Waals surface area (Å²) < 4.78 is 5.49. The van der Waals surface area contributed by atoms with Crippen LogP contribution in [0.3, 0.4) is 0 Å². The van der Waals surface area contributed by atoms with Crippen molar-refractivity contribution in [1.29, 1.82) is 0 Å². The fourth-order valence-electron chi connectivity index (χ4n) is 3.15. The summed E-state index contributed by atoms with van der Waals surface area (Å²) in [6.45, 7) is -0.201. The van der Waals surface area contributed by atoms with Gasteiger partial charge in [-0.2, -0.15) is 0 Å². The first-order chi connectivity index (χ1) is 14.9. The Morgan fingerprint density at radius 3 is 2.13 bits per heavy atom. The van der Waals surface area contributed by atoms with Crippen molar-refractivity contribution < 1.29 is 19.1 Å². The van der Waals surface area contributed by atoms with Crippen molar-refractivity contribution in [3.05, 3.63) is 99.0 Å². The van der Waals surface area contributed by atoms with Gasteiger partial charge in [-0.05, 0) is 42.0 Å². The van der Waals surface area contributed by atoms with Crippen LogP contribution < -0.4 is 10.1 Å². The minimum atomic E-state index is -0.357. The average molecular weight is 452 g/mol. The monoisotopic (exact) mass is 451 g/mol. The van der Waals surface area contributed by atoms with Crippen LogP contribution in [0.25, 0.3) is 6.08 Å². The Bertz CT molecular complexity index is 1200. The van der Waals surface area contributed by atoms with Gasteiger partial charge in [0.25, 0.3) is 5.91 Å². The molecule has 0 saturated carbocycles. The SMILES string of the molecule is O=C(COc1ccc(C=C2C(=O)c3ccccc3C2=O)cc1)Nc1ccc(Cl)c(Cl)c1. The molecule has 1 aliphatic carbocycles. The van der Waals surface area contributed by atoms with Gasteiger partial charge in [-0.3, -0.25) is 14.4 Å². The molecular formula is C24H15Cl2NO4. The predicted molar refractivity (Wildman–Crippen MR) is 120 cm³/mol. The largest absolute Gasteiger partial charge is 0.484 e. The number of allylic oxidation sites excluding steroid dienone is 1. The fraction of sp³-hybridized carbons (Fsp3) is 0.0417. The average Bonchev–Trinajstić information content (AvgIpc) is 3.01. The number of hydrogen-bond donors (Lipinski definition) is 1. The number of rotatable bonds is 5. The molecule has 7 heteroatoms. The fourth-order valence-corrected chi connectivity index (χ4v) is 3.45. The molecule has 154 valence electrons. The standard InChI is InChI=1S/C24H15Cl2NO4/c25-20-10-7-15(12-21(20)26)27-22(28)13-31-16-8-5-14(6-9-16)11-19-23(29)17-3-1-2-4-18(17)24(19)30/h1-12H,13H2,(H,27,28). The summed E-state index contributed by atoms with van der Waals surface area (Å²) in [6, 6.07) is 18.3. The molecule has 31 heavy (non-hydrogen) atoms. The summed E-state index contributed by atoms with van der Waals surface area (Å²) in [5.41, 5.74) is 2.17. The van der Waals surface area contributed by atoms with E-state index in [0.29, 0.717) is 38.2 Å². The van der Waals surface area contributed by atoms with E-state index < -0.39 is 0 Å². The number of Topliss-reactive ketones (excluding diaryl/α,β-unsaturated/α-hetero) is 2. The highest BCUT2D eigenvalue weighted by Gasteiger charge is 2.32. The second kappa shape index (κ2) is 8.76. The van der Waals surface area contributed by atoms with Crippen LogP contribution in [-0.4, -0.2) is 24.1 Å². The maximum atomic E-state index is 12.5. The first kappa shape index (κ1) is 20.8. The number of carbonyl (C=O) groups is 3. The van der Waals surface area contributed by atoms with Crippen molar-refractivity contribution in [3.8, 4) is 5.75 Å². The Morgan fingerprint density at radius 1 is 0.871 bits per heavy atom. The van der Waals surface area contributed by atoms with Gasteiger partial charge in [0.15, 0.2) is 18.2 Å². The highest BCUT2D eigenvalue weighted by atomic mass is 35.5. The molecule has 0 fully saturated rings. The maximum Gasteiger partial charge on any atom is 0.262 e. The molecule has 0 atom stereocenters. The molecule has 4 rings (SSSR count). The van der Waals surface area contributed by atoms with Crippen LogP contribution in [0.2, 0.25) is 10.0 Å². The van der Waals surface area contributed by atoms with E-state index in [9.17, 15) is 14.4 Å². The third kappa shape index (κ3) is 4.53. The molecule has 0 radical (unpaired) electrons. The van der Waals surface area contributed by atoms with E-state index in [1.807, 2.05) is 0 Å². The van der Waals surface area contributed by atoms with Crippen molar-refractivity contribution >= 4 is 52.4 Å². The lowest BCUT2D eigenvalue weighted by Crippen LogP contribution is -2.20. The topological polar surface area (TPSA) is 72.5 Å². The van der Waals surface area contributed by atoms with Gasteiger partial charge in [-0.15, -0.1) is 0 Å². The van der Waals surface area contributed by atoms with Crippen molar-refractivity contribution in [2.24, 2.45) is 0 Å². The van der Waals surface area contributed by atoms with Gasteiger partial charge in [0, 0.05) is 16.8 Å². The molecular weight excluding hydrogens is 437 g/mol. The van der Waals surface area contributed by atoms with Gasteiger partial charge in [-0.25, -0.2) is 0 Å². The van der Waals surface area contributed by atoms with E-state index >= 15 is 0 Å². The Labute approximate surface area is 188 Å². The molecule has 5 nitrogen and oxygen atoms in total. The summed E-state index contributed by atoms with van der Waals surface area (Å²) in [5.74, 6) is -0.442. The van der Waals surface area contributed by atoms with Crippen LogP contribution in [0.5, 0.6) is 5.75 Å². The van der Waals surface area contributed by atoms with Gasteiger partial charge in [0.1, 0.15) is 5.75 Å². The van der Waals surface area contributed by atoms with Gasteiger partial charge in [0.05, 0.1) is 15.6 Å². The van der Waals surface area contributed by atoms with Gasteiger partial charge < -0.3 is 10.1 Å². The molecule has 0 unspecified atom stereocenters. The first-order valence-electron chi connectivity index (χ1n) is 9.30. The molecule has 3 aromatic carbocycles. The lowest BCUT2D eigenvalue weighted by molar-refractivity contribution is -0.118. The summed E-state index contributed by atoms with van der Waals surface area (Å²) in [7, 11) is 0. The highest BCUT2D eigenvalue weighted by molar-refractivity contribution is 6.42. The van der Waals surface area contributed by atoms with Crippen LogP contribution in [0.4, 0.5) is 5.69 Å². The smallest absolute Gasteiger partial charge is 0.262 e. The summed E-state index contributed by atoms with van der Waals surface area (Å²) in [4.78, 5) is 37.0. The number of hydrogen-bond acceptors (Lipinski definition) is 4. The van der Waals surface area contributed by atoms with Crippen LogP contribution in [-0.2, 0) is 4.79 Å². The molecule has 0 saturated heterocycles. The number of amides is 1. The highest BCUT2D eigenvalue weighted by Crippen LogP contribution is 2.28. The number of nitrogens with one attached hydrogen (secondary N) is 1. The lowest BCUT2D eigenvalue weighted by Gasteiger charge is -2.08. The van der Waals surface area contributed by atoms with E-state index in [4.69, 9.17) is 27.9 Å². The predicted octanol–water partition coefficient (Wildman–Crippen LogP) is 5.47. The van der Waals surface area contributed by atoms with Crippen molar-refractivity contribution in [2.45, 2.75) is 0 Å². The van der Waals surface area contributed by atoms with Crippen molar-refractivity contribution in [2.75, 3.05) is 11.9 Å². The van der Waals surface area contributed by atoms with E-state index in [0.717, 1.165) is 0 Å². The number of halogens is 2. The summed E-state index contributed by atoms with van der Waals surface area (Å²) in [5, 5.41) is 3.41. The minimum Gasteiger partial charge on any atom is -0.484 e. The molecule has 0 aliphatic heterocycles. The molecule has 0 bridgehead atoms. The number of ketones is 2. The number of anilines is 1. The molecule has 1 N–H and O–H groups in total. The molecule has 0 aromatic heterocycles. The summed E-state index contributed by atoms with van der Waals surface area (Å²) >= 11 is 11.8. The van der Waals surface area contributed by atoms with Gasteiger partial charge in [-0.1, -0.05) is 59.6 Å². The quantitative estimate of drug-likeness (QED) is 0.412. The van der Waals surface area contributed by atoms with Crippen LogP contribution in [0.15, 0.2) is 72.3 Å². The number of benzene rings is 3. The lowest BCUT2D eigenvalue weighted by atomic mass is 10.1. The Morgan fingerprint density at radius 2 is 1.52 bits per heavy atom. The molecule has 1 aliphatic rings. The molecule has 0 spiro atoms. The Kier molecular flexibility index (Phi) is 5.89. The number of carbonyl (C=O) groups excluding carboxylic acids is 3. The second-order valence-electron chi connectivity index (χ2n) is 6.80. The van der Waals surface area contributed by atoms with E-state index in [-0.39, 0.29) is 29.7 Å². The second-order valence-corrected chi connectivity index (χ2v) is 7.61. The third-order valence-corrected chi connectivity index (χ3v) is 5.41. The van der Waals surface area contributed by atoms with Crippen LogP contribution >= 0.6 is 23.2 Å². The van der Waals surface area contributed by atoms with E-state index in [2.05, 4.69) is 5.32 Å². The maximum absolute atomic E-state index is 12.5. The zero-order valence-electron chi connectivity index (χ0n) is 16.0. The Hall–Kier alpha value is -3.41. The van der Waals surface area contributed by atoms with Crippen molar-refractivity contribution in [1.82, 2.24) is 0 Å². The first-order valence-corrected chi connectivity index (χ1v) is 10.1. The van der Waals surface area contributed by atoms with Crippen molar-refractivity contribution in [3.63, 3.8) is 0 Å². The molecule has 1 amide bonds. The minimum absolute atomic E-state index is 0.135. The van der Waals surface area contributed by atoms with E-state index in [1.54, 1.807) is 72.8 Å². The zero-order chi connectivity index (χ0) is 22.0.